The molecule has 3 aromatic rings. The Bertz CT molecular complexity index is 1070. The van der Waals surface area contributed by atoms with E-state index in [9.17, 15) is 9.18 Å². The van der Waals surface area contributed by atoms with E-state index >= 15 is 0 Å². The topological polar surface area (TPSA) is 67.8 Å². The molecule has 1 saturated heterocycles. The summed E-state index contributed by atoms with van der Waals surface area (Å²) in [6.07, 6.45) is 1.99. The van der Waals surface area contributed by atoms with Gasteiger partial charge in [-0.3, -0.25) is 4.79 Å². The van der Waals surface area contributed by atoms with E-state index in [0.29, 0.717) is 46.9 Å². The molecule has 150 valence electrons. The predicted molar refractivity (Wildman–Crippen MR) is 108 cm³/mol. The van der Waals surface area contributed by atoms with Crippen LogP contribution in [0.5, 0.6) is 11.5 Å². The van der Waals surface area contributed by atoms with Crippen LogP contribution in [0.3, 0.4) is 0 Å². The molecule has 0 unspecified atom stereocenters. The molecule has 0 radical (unpaired) electrons. The molecule has 29 heavy (non-hydrogen) atoms. The summed E-state index contributed by atoms with van der Waals surface area (Å²) in [6, 6.07) is 9.40. The largest absolute Gasteiger partial charge is 0.497 e. The average molecular weight is 396 g/mol. The lowest BCUT2D eigenvalue weighted by Gasteiger charge is -2.26. The summed E-state index contributed by atoms with van der Waals surface area (Å²) >= 11 is 0. The van der Waals surface area contributed by atoms with Crippen LogP contribution < -0.4 is 19.3 Å². The molecule has 0 saturated carbocycles. The second-order valence-electron chi connectivity index (χ2n) is 6.78. The van der Waals surface area contributed by atoms with Gasteiger partial charge in [0.25, 0.3) is 0 Å². The molecule has 2 aromatic carbocycles. The molecule has 4 rings (SSSR count). The van der Waals surface area contributed by atoms with Crippen LogP contribution in [0.25, 0.3) is 10.9 Å². The third-order valence-electron chi connectivity index (χ3n) is 5.23. The number of para-hydroxylation sites is 1. The molecule has 0 bridgehead atoms. The Balaban J connectivity index is 1.72. The van der Waals surface area contributed by atoms with E-state index in [1.165, 1.54) is 17.3 Å². The van der Waals surface area contributed by atoms with Crippen molar-refractivity contribution in [1.29, 1.82) is 0 Å². The van der Waals surface area contributed by atoms with Gasteiger partial charge in [-0.15, -0.1) is 0 Å². The van der Waals surface area contributed by atoms with Crippen LogP contribution in [-0.4, -0.2) is 49.7 Å². The van der Waals surface area contributed by atoms with Crippen molar-refractivity contribution in [2.24, 2.45) is 0 Å². The Hall–Kier alpha value is -3.42. The molecule has 1 aliphatic heterocycles. The van der Waals surface area contributed by atoms with Gasteiger partial charge in [0.2, 0.25) is 5.91 Å². The van der Waals surface area contributed by atoms with E-state index in [4.69, 9.17) is 9.47 Å². The molecule has 1 aliphatic rings. The Labute approximate surface area is 167 Å². The number of benzene rings is 2. The molecule has 1 amide bonds. The van der Waals surface area contributed by atoms with Gasteiger partial charge in [0.1, 0.15) is 41.0 Å². The van der Waals surface area contributed by atoms with Crippen LogP contribution in [0.15, 0.2) is 42.7 Å². The maximum Gasteiger partial charge on any atom is 0.249 e. The van der Waals surface area contributed by atoms with E-state index in [0.717, 1.165) is 0 Å². The predicted octanol–water partition coefficient (Wildman–Crippen LogP) is 3.03. The monoisotopic (exact) mass is 396 g/mol. The quantitative estimate of drug-likeness (QED) is 0.660. The second-order valence-corrected chi connectivity index (χ2v) is 6.78. The number of carbonyl (C=O) groups is 1. The van der Waals surface area contributed by atoms with Gasteiger partial charge in [0.05, 0.1) is 25.3 Å². The summed E-state index contributed by atoms with van der Waals surface area (Å²) in [4.78, 5) is 25.1. The lowest BCUT2D eigenvalue weighted by Crippen LogP contribution is -2.40. The van der Waals surface area contributed by atoms with E-state index in [2.05, 4.69) is 9.97 Å². The zero-order valence-corrected chi connectivity index (χ0v) is 16.4. The highest BCUT2D eigenvalue weighted by Crippen LogP contribution is 2.35. The maximum atomic E-state index is 14.2. The van der Waals surface area contributed by atoms with Crippen LogP contribution in [0.1, 0.15) is 6.42 Å². The van der Waals surface area contributed by atoms with Gasteiger partial charge in [0, 0.05) is 19.7 Å². The van der Waals surface area contributed by atoms with Gasteiger partial charge in [0.15, 0.2) is 0 Å². The Morgan fingerprint density at radius 2 is 1.97 bits per heavy atom. The molecule has 7 nitrogen and oxygen atoms in total. The number of anilines is 2. The zero-order chi connectivity index (χ0) is 20.5. The van der Waals surface area contributed by atoms with E-state index < -0.39 is 11.9 Å². The minimum atomic E-state index is -0.468. The van der Waals surface area contributed by atoms with Gasteiger partial charge >= 0.3 is 0 Å². The Morgan fingerprint density at radius 3 is 2.69 bits per heavy atom. The highest BCUT2D eigenvalue weighted by Gasteiger charge is 2.37. The number of halogens is 1. The second kappa shape index (κ2) is 7.54. The van der Waals surface area contributed by atoms with Crippen molar-refractivity contribution in [1.82, 2.24) is 9.97 Å². The van der Waals surface area contributed by atoms with Crippen LogP contribution in [0.4, 0.5) is 15.9 Å². The molecular weight excluding hydrogens is 375 g/mol. The van der Waals surface area contributed by atoms with Crippen molar-refractivity contribution in [2.45, 2.75) is 12.5 Å². The van der Waals surface area contributed by atoms with Gasteiger partial charge in [-0.1, -0.05) is 12.1 Å². The fourth-order valence-corrected chi connectivity index (χ4v) is 3.73. The fraction of sp³-hybridized carbons (Fsp3) is 0.286. The third-order valence-corrected chi connectivity index (χ3v) is 5.23. The number of likely N-dealkylation sites (N-methyl/N-ethyl adjacent to an activating group) is 1. The number of carbonyl (C=O) groups excluding carboxylic acids is 1. The zero-order valence-electron chi connectivity index (χ0n) is 16.4. The van der Waals surface area contributed by atoms with Gasteiger partial charge in [-0.05, 0) is 24.6 Å². The lowest BCUT2D eigenvalue weighted by molar-refractivity contribution is -0.118. The molecule has 0 spiro atoms. The first-order valence-electron chi connectivity index (χ1n) is 9.20. The number of nitrogens with zero attached hydrogens (tertiary/aromatic N) is 4. The molecule has 1 aromatic heterocycles. The third kappa shape index (κ3) is 3.20. The van der Waals surface area contributed by atoms with Crippen LogP contribution in [0.2, 0.25) is 0 Å². The van der Waals surface area contributed by atoms with Crippen molar-refractivity contribution in [3.8, 4) is 11.5 Å². The highest BCUT2D eigenvalue weighted by atomic mass is 19.1. The number of aromatic nitrogens is 2. The normalized spacial score (nSPS) is 16.3. The molecule has 1 fully saturated rings. The first-order chi connectivity index (χ1) is 14.0. The molecule has 2 heterocycles. The smallest absolute Gasteiger partial charge is 0.249 e. The van der Waals surface area contributed by atoms with Crippen molar-refractivity contribution in [2.75, 3.05) is 37.6 Å². The summed E-state index contributed by atoms with van der Waals surface area (Å²) in [5.41, 5.74) is 0.922. The summed E-state index contributed by atoms with van der Waals surface area (Å²) in [5.74, 6) is 1.16. The van der Waals surface area contributed by atoms with Crippen LogP contribution in [0, 0.1) is 5.82 Å². The van der Waals surface area contributed by atoms with Crippen molar-refractivity contribution >= 4 is 28.3 Å². The van der Waals surface area contributed by atoms with Gasteiger partial charge < -0.3 is 19.3 Å². The number of methoxy groups -OCH3 is 2. The van der Waals surface area contributed by atoms with Crippen molar-refractivity contribution in [3.63, 3.8) is 0 Å². The standard InChI is InChI=1S/C21H21FN4O3/c1-25(17-8-9-26(21(17)27)16-7-5-4-6-15(16)22)20-14-10-13(28-2)11-18(29-3)19(14)23-12-24-20/h4-7,10-12,17H,8-9H2,1-3H3/t17-/m1/s1. The molecule has 0 aliphatic carbocycles. The molecule has 1 atom stereocenters. The summed E-state index contributed by atoms with van der Waals surface area (Å²) in [5, 5.41) is 0.711. The first kappa shape index (κ1) is 18.9. The van der Waals surface area contributed by atoms with Crippen LogP contribution >= 0.6 is 0 Å². The number of amides is 1. The first-order valence-corrected chi connectivity index (χ1v) is 9.20. The Morgan fingerprint density at radius 1 is 1.17 bits per heavy atom. The lowest BCUT2D eigenvalue weighted by atomic mass is 10.1. The number of hydrogen-bond donors (Lipinski definition) is 0. The Kier molecular flexibility index (Phi) is 4.92. The van der Waals surface area contributed by atoms with Crippen molar-refractivity contribution < 1.29 is 18.7 Å². The highest BCUT2D eigenvalue weighted by molar-refractivity contribution is 6.03. The average Bonchev–Trinajstić information content (AvgIpc) is 3.13. The van der Waals surface area contributed by atoms with E-state index in [1.54, 1.807) is 45.5 Å². The van der Waals surface area contributed by atoms with Gasteiger partial charge in [-0.2, -0.15) is 0 Å². The summed E-state index contributed by atoms with van der Waals surface area (Å²) < 4.78 is 25.0. The van der Waals surface area contributed by atoms with E-state index in [-0.39, 0.29) is 5.91 Å². The summed E-state index contributed by atoms with van der Waals surface area (Å²) in [7, 11) is 4.94. The number of rotatable bonds is 5. The molecule has 8 heteroatoms. The summed E-state index contributed by atoms with van der Waals surface area (Å²) in [6.45, 7) is 0.435. The van der Waals surface area contributed by atoms with Gasteiger partial charge in [-0.25, -0.2) is 14.4 Å². The minimum Gasteiger partial charge on any atom is -0.497 e. The molecule has 0 N–H and O–H groups in total. The number of hydrogen-bond acceptors (Lipinski definition) is 6. The van der Waals surface area contributed by atoms with Crippen molar-refractivity contribution in [3.05, 3.63) is 48.5 Å². The SMILES string of the molecule is COc1cc(OC)c2ncnc(N(C)[C@@H]3CCN(c4ccccc4F)C3=O)c2c1. The van der Waals surface area contributed by atoms with Crippen LogP contribution in [-0.2, 0) is 4.79 Å². The minimum absolute atomic E-state index is 0.167. The number of ether oxygens (including phenoxy) is 2. The number of fused-ring (bicyclic) bond motifs is 1. The molecular formula is C21H21FN4O3. The fourth-order valence-electron chi connectivity index (χ4n) is 3.73. The maximum absolute atomic E-state index is 14.2. The van der Waals surface area contributed by atoms with E-state index in [1.807, 2.05) is 11.0 Å².